The van der Waals surface area contributed by atoms with Crippen molar-refractivity contribution in [2.75, 3.05) is 0 Å². The third-order valence-electron chi connectivity index (χ3n) is 1.13. The number of carbonyl (C=O) groups is 1. The lowest BCUT2D eigenvalue weighted by molar-refractivity contribution is 0.0690. The van der Waals surface area contributed by atoms with E-state index < -0.39 is 5.97 Å². The highest BCUT2D eigenvalue weighted by Gasteiger charge is 2.01. The van der Waals surface area contributed by atoms with Gasteiger partial charge in [-0.25, -0.2) is 9.78 Å². The summed E-state index contributed by atoms with van der Waals surface area (Å²) in [6, 6.07) is 3.29. The van der Waals surface area contributed by atoms with E-state index in [9.17, 15) is 4.79 Å². The van der Waals surface area contributed by atoms with Gasteiger partial charge >= 0.3 is 5.97 Å². The summed E-state index contributed by atoms with van der Waals surface area (Å²) < 4.78 is 0. The van der Waals surface area contributed by atoms with Crippen LogP contribution in [0.4, 0.5) is 0 Å². The smallest absolute Gasteiger partial charge is 0.354 e. The van der Waals surface area contributed by atoms with Crippen LogP contribution in [0.2, 0.25) is 0 Å². The molecule has 0 aliphatic heterocycles. The number of rotatable bonds is 1. The molecule has 3 heteroatoms. The summed E-state index contributed by atoms with van der Waals surface area (Å²) in [5, 5.41) is 8.45. The molecule has 0 radical (unpaired) electrons. The maximum absolute atomic E-state index is 10.3. The Balaban J connectivity index is 0.000000561. The van der Waals surface area contributed by atoms with Crippen molar-refractivity contribution < 1.29 is 9.90 Å². The summed E-state index contributed by atoms with van der Waals surface area (Å²) in [5.74, 6) is -0.983. The minimum absolute atomic E-state index is 0.0972. The van der Waals surface area contributed by atoms with Crippen molar-refractivity contribution in [2.45, 2.75) is 20.8 Å². The molecule has 0 unspecified atom stereocenters. The normalized spacial score (nSPS) is 8.25. The largest absolute Gasteiger partial charge is 0.477 e. The van der Waals surface area contributed by atoms with Crippen molar-refractivity contribution >= 4 is 5.97 Å². The van der Waals surface area contributed by atoms with Crippen molar-refractivity contribution in [1.82, 2.24) is 4.98 Å². The van der Waals surface area contributed by atoms with E-state index in [-0.39, 0.29) is 5.69 Å². The minimum atomic E-state index is -0.983. The number of carboxylic acids is 1. The van der Waals surface area contributed by atoms with Crippen LogP contribution >= 0.6 is 0 Å². The lowest BCUT2D eigenvalue weighted by atomic mass is 10.2. The van der Waals surface area contributed by atoms with Gasteiger partial charge in [-0.2, -0.15) is 0 Å². The van der Waals surface area contributed by atoms with Crippen LogP contribution in [0.5, 0.6) is 0 Å². The molecule has 0 aromatic carbocycles. The molecule has 66 valence electrons. The summed E-state index contributed by atoms with van der Waals surface area (Å²) in [5.41, 5.74) is 1.01. The van der Waals surface area contributed by atoms with E-state index in [1.807, 2.05) is 20.8 Å². The van der Waals surface area contributed by atoms with Gasteiger partial charge in [-0.05, 0) is 24.6 Å². The lowest BCUT2D eigenvalue weighted by Crippen LogP contribution is -1.99. The summed E-state index contributed by atoms with van der Waals surface area (Å²) in [6.07, 6.45) is 1.48. The average Bonchev–Trinajstić information content (AvgIpc) is 2.08. The summed E-state index contributed by atoms with van der Waals surface area (Å²) in [4.78, 5) is 13.9. The number of aromatic nitrogens is 1. The number of aryl methyl sites for hydroxylation is 1. The second-order valence-electron chi connectivity index (χ2n) is 2.02. The van der Waals surface area contributed by atoms with Crippen molar-refractivity contribution in [3.05, 3.63) is 29.6 Å². The van der Waals surface area contributed by atoms with Gasteiger partial charge in [0, 0.05) is 6.20 Å². The fourth-order valence-corrected chi connectivity index (χ4v) is 0.653. The third-order valence-corrected chi connectivity index (χ3v) is 1.13. The number of aromatic carboxylic acids is 1. The molecular weight excluding hydrogens is 154 g/mol. The molecule has 1 heterocycles. The molecule has 0 aliphatic rings. The van der Waals surface area contributed by atoms with Crippen molar-refractivity contribution in [2.24, 2.45) is 0 Å². The quantitative estimate of drug-likeness (QED) is 0.696. The molecule has 12 heavy (non-hydrogen) atoms. The Hall–Kier alpha value is -1.38. The second-order valence-corrected chi connectivity index (χ2v) is 2.02. The van der Waals surface area contributed by atoms with Gasteiger partial charge in [-0.3, -0.25) is 0 Å². The van der Waals surface area contributed by atoms with Crippen LogP contribution in [0.1, 0.15) is 29.9 Å². The average molecular weight is 167 g/mol. The van der Waals surface area contributed by atoms with Crippen molar-refractivity contribution in [3.63, 3.8) is 0 Å². The van der Waals surface area contributed by atoms with Gasteiger partial charge < -0.3 is 5.11 Å². The van der Waals surface area contributed by atoms with E-state index in [4.69, 9.17) is 5.11 Å². The first-order chi connectivity index (χ1) is 5.70. The molecule has 0 aliphatic carbocycles. The fourth-order valence-electron chi connectivity index (χ4n) is 0.653. The molecule has 1 aromatic heterocycles. The number of carboxylic acid groups (broad SMARTS) is 1. The van der Waals surface area contributed by atoms with E-state index in [1.165, 1.54) is 12.3 Å². The first kappa shape index (κ1) is 10.6. The Morgan fingerprint density at radius 3 is 2.42 bits per heavy atom. The first-order valence-corrected chi connectivity index (χ1v) is 3.86. The highest BCUT2D eigenvalue weighted by atomic mass is 16.4. The highest BCUT2D eigenvalue weighted by Crippen LogP contribution is 1.98. The van der Waals surface area contributed by atoms with Crippen LogP contribution in [0, 0.1) is 6.92 Å². The Kier molecular flexibility index (Phi) is 4.69. The van der Waals surface area contributed by atoms with Crippen molar-refractivity contribution in [1.29, 1.82) is 0 Å². The zero-order chi connectivity index (χ0) is 9.56. The molecule has 0 saturated carbocycles. The fraction of sp³-hybridized carbons (Fsp3) is 0.333. The van der Waals surface area contributed by atoms with Gasteiger partial charge in [0.15, 0.2) is 0 Å². The summed E-state index contributed by atoms with van der Waals surface area (Å²) >= 11 is 0. The number of pyridine rings is 1. The zero-order valence-electron chi connectivity index (χ0n) is 7.53. The molecule has 0 fully saturated rings. The topological polar surface area (TPSA) is 50.2 Å². The first-order valence-electron chi connectivity index (χ1n) is 3.86. The van der Waals surface area contributed by atoms with E-state index in [2.05, 4.69) is 4.98 Å². The molecular formula is C9H13NO2. The Bertz CT molecular complexity index is 258. The van der Waals surface area contributed by atoms with Crippen LogP contribution < -0.4 is 0 Å². The van der Waals surface area contributed by atoms with Crippen LogP contribution in [-0.4, -0.2) is 16.1 Å². The molecule has 0 spiro atoms. The van der Waals surface area contributed by atoms with Crippen molar-refractivity contribution in [3.8, 4) is 0 Å². The molecule has 0 amide bonds. The molecule has 0 atom stereocenters. The predicted octanol–water partition coefficient (Wildman–Crippen LogP) is 2.11. The highest BCUT2D eigenvalue weighted by molar-refractivity contribution is 5.85. The van der Waals surface area contributed by atoms with Gasteiger partial charge in [-0.1, -0.05) is 13.8 Å². The van der Waals surface area contributed by atoms with E-state index in [0.29, 0.717) is 0 Å². The molecule has 1 aromatic rings. The molecule has 0 bridgehead atoms. The van der Waals surface area contributed by atoms with Gasteiger partial charge in [0.2, 0.25) is 0 Å². The van der Waals surface area contributed by atoms with E-state index in [1.54, 1.807) is 6.07 Å². The molecule has 1 rings (SSSR count). The maximum atomic E-state index is 10.3. The Labute approximate surface area is 72.1 Å². The number of hydrogen-bond donors (Lipinski definition) is 1. The molecule has 0 saturated heterocycles. The minimum Gasteiger partial charge on any atom is -0.477 e. The van der Waals surface area contributed by atoms with Crippen LogP contribution in [0.25, 0.3) is 0 Å². The van der Waals surface area contributed by atoms with Crippen LogP contribution in [-0.2, 0) is 0 Å². The van der Waals surface area contributed by atoms with Gasteiger partial charge in [0.05, 0.1) is 0 Å². The maximum Gasteiger partial charge on any atom is 0.354 e. The van der Waals surface area contributed by atoms with Crippen LogP contribution in [0.3, 0.4) is 0 Å². The van der Waals surface area contributed by atoms with Gasteiger partial charge in [-0.15, -0.1) is 0 Å². The SMILES string of the molecule is CC.Cc1ccnc(C(=O)O)c1. The van der Waals surface area contributed by atoms with Gasteiger partial charge in [0.25, 0.3) is 0 Å². The number of hydrogen-bond acceptors (Lipinski definition) is 2. The lowest BCUT2D eigenvalue weighted by Gasteiger charge is -1.92. The van der Waals surface area contributed by atoms with Crippen LogP contribution in [0.15, 0.2) is 18.3 Å². The second kappa shape index (κ2) is 5.29. The third kappa shape index (κ3) is 3.14. The van der Waals surface area contributed by atoms with E-state index >= 15 is 0 Å². The molecule has 1 N–H and O–H groups in total. The number of nitrogens with zero attached hydrogens (tertiary/aromatic N) is 1. The zero-order valence-corrected chi connectivity index (χ0v) is 7.53. The monoisotopic (exact) mass is 167 g/mol. The van der Waals surface area contributed by atoms with E-state index in [0.717, 1.165) is 5.56 Å². The standard InChI is InChI=1S/C7H7NO2.C2H6/c1-5-2-3-8-6(4-5)7(9)10;1-2/h2-4H,1H3,(H,9,10);1-2H3. The molecule has 3 nitrogen and oxygen atoms in total. The Morgan fingerprint density at radius 1 is 1.50 bits per heavy atom. The Morgan fingerprint density at radius 2 is 2.08 bits per heavy atom. The predicted molar refractivity (Wildman–Crippen MR) is 47.3 cm³/mol. The summed E-state index contributed by atoms with van der Waals surface area (Å²) in [7, 11) is 0. The van der Waals surface area contributed by atoms with Gasteiger partial charge in [0.1, 0.15) is 5.69 Å². The summed E-state index contributed by atoms with van der Waals surface area (Å²) in [6.45, 7) is 5.83.